The number of likely N-dealkylation sites (tertiary alicyclic amines) is 2. The van der Waals surface area contributed by atoms with Gasteiger partial charge in [-0.2, -0.15) is 0 Å². The molecular formula is C47H53N7O6. The minimum absolute atomic E-state index is 0.0435. The summed E-state index contributed by atoms with van der Waals surface area (Å²) >= 11 is 0. The highest BCUT2D eigenvalue weighted by Crippen LogP contribution is 2.46. The van der Waals surface area contributed by atoms with Crippen molar-refractivity contribution in [3.63, 3.8) is 0 Å². The van der Waals surface area contributed by atoms with Crippen molar-refractivity contribution in [2.75, 3.05) is 20.8 Å². The first-order valence-electron chi connectivity index (χ1n) is 21.3. The first-order chi connectivity index (χ1) is 29.0. The number of H-pyrrole nitrogens is 1. The van der Waals surface area contributed by atoms with E-state index in [1.807, 2.05) is 24.9 Å². The third-order valence-corrected chi connectivity index (χ3v) is 13.4. The van der Waals surface area contributed by atoms with Gasteiger partial charge in [0.15, 0.2) is 0 Å². The van der Waals surface area contributed by atoms with E-state index in [9.17, 15) is 19.2 Å². The molecule has 13 nitrogen and oxygen atoms in total. The van der Waals surface area contributed by atoms with Crippen molar-refractivity contribution in [3.05, 3.63) is 83.3 Å². The third kappa shape index (κ3) is 7.11. The van der Waals surface area contributed by atoms with Gasteiger partial charge in [-0.25, -0.2) is 14.6 Å². The molecular weight excluding hydrogens is 759 g/mol. The number of aromatic amines is 1. The van der Waals surface area contributed by atoms with Crippen LogP contribution >= 0.6 is 0 Å². The van der Waals surface area contributed by atoms with E-state index in [4.69, 9.17) is 14.7 Å². The summed E-state index contributed by atoms with van der Waals surface area (Å²) < 4.78 is 9.54. The Morgan fingerprint density at radius 1 is 0.800 bits per heavy atom. The average Bonchev–Trinajstić information content (AvgIpc) is 4.12. The van der Waals surface area contributed by atoms with Gasteiger partial charge in [0, 0.05) is 24.7 Å². The number of fused-ring (bicyclic) bond motifs is 6. The number of nitrogens with one attached hydrogen (secondary N) is 3. The molecule has 3 aliphatic heterocycles. The van der Waals surface area contributed by atoms with Crippen LogP contribution in [0.15, 0.2) is 65.8 Å². The number of aliphatic imine (C=N–C) groups is 1. The van der Waals surface area contributed by atoms with Gasteiger partial charge in [0.1, 0.15) is 17.9 Å². The zero-order chi connectivity index (χ0) is 41.8. The monoisotopic (exact) mass is 811 g/mol. The quantitative estimate of drug-likeness (QED) is 0.160. The molecule has 0 unspecified atom stereocenters. The van der Waals surface area contributed by atoms with Crippen molar-refractivity contribution in [2.24, 2.45) is 16.8 Å². The number of rotatable bonds is 9. The lowest BCUT2D eigenvalue weighted by molar-refractivity contribution is -0.137. The number of ether oxygens (including phenoxy) is 2. The molecule has 4 amide bonds. The topological polar surface area (TPSA) is 158 Å². The van der Waals surface area contributed by atoms with Crippen LogP contribution < -0.4 is 10.6 Å². The van der Waals surface area contributed by atoms with E-state index in [0.717, 1.165) is 79.0 Å². The maximum Gasteiger partial charge on any atom is 0.407 e. The molecule has 2 aliphatic carbocycles. The molecule has 2 saturated heterocycles. The molecule has 312 valence electrons. The Kier molecular flexibility index (Phi) is 10.5. The Morgan fingerprint density at radius 2 is 1.47 bits per heavy atom. The van der Waals surface area contributed by atoms with Crippen LogP contribution in [0.5, 0.6) is 0 Å². The Morgan fingerprint density at radius 3 is 2.18 bits per heavy atom. The molecule has 1 saturated carbocycles. The smallest absolute Gasteiger partial charge is 0.407 e. The predicted molar refractivity (Wildman–Crippen MR) is 228 cm³/mol. The highest BCUT2D eigenvalue weighted by Gasteiger charge is 2.52. The standard InChI is InChI=1S/C47H53N7O6/c1-25(2)41(52-47(58)60-5)45(56)54-34-14-10-32(22-34)42(54)38-23-33-20-28(13-17-37(33)50-38)27-11-15-35-29(19-27)8-9-30-21-31(12-16-36(30)35)39-24-48-43(51-39)40-7-6-18-53(40)44(55)26(3)49-46(57)59-4/h11-13,15-17,19-21,24-26,32,34,40-42H,6-10,14,18,22-23H2,1-5H3,(H,48,51)(H,49,57)(H,52,58)/t26-,32-,34+,40-,41-,42-/m0/s1. The number of benzene rings is 3. The average molecular weight is 812 g/mol. The van der Waals surface area contributed by atoms with Crippen LogP contribution in [0.2, 0.25) is 0 Å². The highest BCUT2D eigenvalue weighted by molar-refractivity contribution is 6.02. The van der Waals surface area contributed by atoms with E-state index in [1.165, 1.54) is 47.6 Å². The molecule has 4 aromatic rings. The number of aryl methyl sites for hydroxylation is 2. The summed E-state index contributed by atoms with van der Waals surface area (Å²) in [6.45, 7) is 6.18. The lowest BCUT2D eigenvalue weighted by Crippen LogP contribution is -2.57. The number of hydrogen-bond donors (Lipinski definition) is 3. The number of hydrogen-bond acceptors (Lipinski definition) is 8. The normalized spacial score (nSPS) is 22.1. The Balaban J connectivity index is 0.892. The van der Waals surface area contributed by atoms with Gasteiger partial charge < -0.3 is 34.9 Å². The van der Waals surface area contributed by atoms with E-state index in [1.54, 1.807) is 11.8 Å². The van der Waals surface area contributed by atoms with Crippen LogP contribution in [0.3, 0.4) is 0 Å². The van der Waals surface area contributed by atoms with Gasteiger partial charge in [-0.3, -0.25) is 14.6 Å². The SMILES string of the molecule is COC(=O)N[C@@H](C)C(=O)N1CCC[C@H]1c1ncc(-c2ccc3c(c2)CCc2cc(-c4ccc5c(c4)CC([C@@H]4[C@H]6CC[C@H](C6)N4C(=O)[C@@H](NC(=O)OC)C(C)C)=N5)ccc2-3)[nH]1. The van der Waals surface area contributed by atoms with Crippen molar-refractivity contribution < 1.29 is 28.7 Å². The maximum absolute atomic E-state index is 14.1. The van der Waals surface area contributed by atoms with Crippen molar-refractivity contribution in [2.45, 2.75) is 102 Å². The van der Waals surface area contributed by atoms with Gasteiger partial charge in [-0.05, 0) is 126 Å². The molecule has 6 atom stereocenters. The third-order valence-electron chi connectivity index (χ3n) is 13.4. The molecule has 1 aromatic heterocycles. The van der Waals surface area contributed by atoms with Crippen LogP contribution in [0.1, 0.15) is 81.4 Å². The summed E-state index contributed by atoms with van der Waals surface area (Å²) in [5, 5.41) is 5.38. The molecule has 3 aromatic carbocycles. The molecule has 4 heterocycles. The fourth-order valence-electron chi connectivity index (χ4n) is 10.4. The minimum atomic E-state index is -0.699. The predicted octanol–water partition coefficient (Wildman–Crippen LogP) is 7.31. The zero-order valence-corrected chi connectivity index (χ0v) is 34.9. The van der Waals surface area contributed by atoms with Crippen molar-refractivity contribution >= 4 is 35.4 Å². The van der Waals surface area contributed by atoms with Crippen molar-refractivity contribution in [3.8, 4) is 33.5 Å². The van der Waals surface area contributed by atoms with E-state index in [0.29, 0.717) is 18.9 Å². The lowest BCUT2D eigenvalue weighted by Gasteiger charge is -2.38. The molecule has 2 bridgehead atoms. The van der Waals surface area contributed by atoms with Gasteiger partial charge in [0.05, 0.1) is 43.9 Å². The Bertz CT molecular complexity index is 2400. The maximum atomic E-state index is 14.1. The van der Waals surface area contributed by atoms with Crippen molar-refractivity contribution in [1.82, 2.24) is 30.4 Å². The van der Waals surface area contributed by atoms with Crippen LogP contribution in [-0.2, 0) is 38.3 Å². The van der Waals surface area contributed by atoms with Crippen LogP contribution in [0, 0.1) is 11.8 Å². The van der Waals surface area contributed by atoms with E-state index in [2.05, 4.69) is 75.0 Å². The van der Waals surface area contributed by atoms with E-state index < -0.39 is 24.3 Å². The number of aromatic nitrogens is 2. The largest absolute Gasteiger partial charge is 0.453 e. The Labute approximate surface area is 350 Å². The van der Waals surface area contributed by atoms with Crippen LogP contribution in [-0.4, -0.2) is 94.4 Å². The molecule has 0 spiro atoms. The zero-order valence-electron chi connectivity index (χ0n) is 34.9. The number of imidazole rings is 1. The second-order valence-electron chi connectivity index (χ2n) is 17.4. The van der Waals surface area contributed by atoms with Crippen LogP contribution in [0.4, 0.5) is 15.3 Å². The second kappa shape index (κ2) is 15.9. The first kappa shape index (κ1) is 39.5. The molecule has 0 radical (unpaired) electrons. The molecule has 13 heteroatoms. The number of carbonyl (C=O) groups is 4. The second-order valence-corrected chi connectivity index (χ2v) is 17.4. The number of nitrogens with zero attached hydrogens (tertiary/aromatic N) is 4. The molecule has 60 heavy (non-hydrogen) atoms. The van der Waals surface area contributed by atoms with E-state index in [-0.39, 0.29) is 35.9 Å². The van der Waals surface area contributed by atoms with Gasteiger partial charge in [-0.1, -0.05) is 50.2 Å². The molecule has 5 aliphatic rings. The van der Waals surface area contributed by atoms with Gasteiger partial charge in [-0.15, -0.1) is 0 Å². The fourth-order valence-corrected chi connectivity index (χ4v) is 10.4. The number of piperidine rings is 1. The highest BCUT2D eigenvalue weighted by atomic mass is 16.5. The fraction of sp³-hybridized carbons (Fsp3) is 0.447. The molecule has 3 fully saturated rings. The van der Waals surface area contributed by atoms with Crippen molar-refractivity contribution in [1.29, 1.82) is 0 Å². The first-order valence-corrected chi connectivity index (χ1v) is 21.3. The van der Waals surface area contributed by atoms with Gasteiger partial charge >= 0.3 is 12.2 Å². The van der Waals surface area contributed by atoms with Gasteiger partial charge in [0.25, 0.3) is 0 Å². The summed E-state index contributed by atoms with van der Waals surface area (Å²) in [6, 6.07) is 18.5. The molecule has 9 rings (SSSR count). The summed E-state index contributed by atoms with van der Waals surface area (Å²) in [6.07, 6.45) is 7.90. The lowest BCUT2D eigenvalue weighted by atomic mass is 9.83. The van der Waals surface area contributed by atoms with Gasteiger partial charge in [0.2, 0.25) is 11.8 Å². The van der Waals surface area contributed by atoms with E-state index >= 15 is 0 Å². The number of carbonyl (C=O) groups excluding carboxylic acids is 4. The molecule has 3 N–H and O–H groups in total. The summed E-state index contributed by atoms with van der Waals surface area (Å²) in [7, 11) is 2.61. The number of amides is 4. The summed E-state index contributed by atoms with van der Waals surface area (Å²) in [4.78, 5) is 68.4. The summed E-state index contributed by atoms with van der Waals surface area (Å²) in [5.41, 5.74) is 12.6. The Hall–Kier alpha value is -5.98. The summed E-state index contributed by atoms with van der Waals surface area (Å²) in [5.74, 6) is 0.846. The number of alkyl carbamates (subject to hydrolysis) is 2. The minimum Gasteiger partial charge on any atom is -0.453 e. The number of methoxy groups -OCH3 is 2. The van der Waals surface area contributed by atoms with Crippen LogP contribution in [0.25, 0.3) is 33.5 Å².